The minimum atomic E-state index is 0.703. The summed E-state index contributed by atoms with van der Waals surface area (Å²) in [5, 5.41) is 0. The third-order valence-electron chi connectivity index (χ3n) is 3.50. The summed E-state index contributed by atoms with van der Waals surface area (Å²) in [5.41, 5.74) is 7.18. The second kappa shape index (κ2) is 6.43. The molecular weight excluding hydrogens is 228 g/mol. The molecule has 0 amide bonds. The van der Waals surface area contributed by atoms with Gasteiger partial charge in [-0.15, -0.1) is 11.8 Å². The number of nitrogens with two attached hydrogens (primary N) is 1. The molecule has 1 heterocycles. The molecule has 2 N–H and O–H groups in total. The highest BCUT2D eigenvalue weighted by molar-refractivity contribution is 7.98. The molecule has 1 aliphatic heterocycles. The van der Waals surface area contributed by atoms with Gasteiger partial charge in [-0.25, -0.2) is 0 Å². The van der Waals surface area contributed by atoms with E-state index in [1.807, 2.05) is 0 Å². The van der Waals surface area contributed by atoms with E-state index >= 15 is 0 Å². The van der Waals surface area contributed by atoms with Crippen LogP contribution in [0.2, 0.25) is 0 Å². The van der Waals surface area contributed by atoms with E-state index in [9.17, 15) is 0 Å². The second-order valence-electron chi connectivity index (χ2n) is 4.83. The topological polar surface area (TPSA) is 29.3 Å². The van der Waals surface area contributed by atoms with Crippen LogP contribution in [-0.2, 0) is 6.54 Å². The first-order valence-electron chi connectivity index (χ1n) is 6.37. The fraction of sp³-hybridized carbons (Fsp3) is 0.571. The van der Waals surface area contributed by atoms with Gasteiger partial charge in [0, 0.05) is 18.0 Å². The molecule has 0 unspecified atom stereocenters. The highest BCUT2D eigenvalue weighted by atomic mass is 32.2. The normalized spacial score (nSPS) is 21.6. The van der Waals surface area contributed by atoms with E-state index in [2.05, 4.69) is 35.4 Å². The van der Waals surface area contributed by atoms with Crippen molar-refractivity contribution < 1.29 is 0 Å². The molecule has 1 aromatic rings. The summed E-state index contributed by atoms with van der Waals surface area (Å²) in [6.45, 7) is 4.30. The Morgan fingerprint density at radius 1 is 1.35 bits per heavy atom. The summed E-state index contributed by atoms with van der Waals surface area (Å²) in [5.74, 6) is 0.703. The van der Waals surface area contributed by atoms with Gasteiger partial charge in [0.05, 0.1) is 0 Å². The van der Waals surface area contributed by atoms with Crippen molar-refractivity contribution in [1.29, 1.82) is 0 Å². The molecule has 0 bridgehead atoms. The fourth-order valence-corrected chi connectivity index (χ4v) is 2.88. The molecule has 1 aromatic carbocycles. The second-order valence-corrected chi connectivity index (χ2v) is 5.71. The predicted molar refractivity (Wildman–Crippen MR) is 75.3 cm³/mol. The first-order valence-corrected chi connectivity index (χ1v) is 7.59. The number of likely N-dealkylation sites (tertiary alicyclic amines) is 1. The number of benzene rings is 1. The Morgan fingerprint density at radius 3 is 2.76 bits per heavy atom. The van der Waals surface area contributed by atoms with Crippen LogP contribution in [0.1, 0.15) is 18.4 Å². The van der Waals surface area contributed by atoms with Crippen LogP contribution in [0.3, 0.4) is 0 Å². The molecule has 0 aromatic heterocycles. The number of hydrogen-bond donors (Lipinski definition) is 1. The third-order valence-corrected chi connectivity index (χ3v) is 4.25. The van der Waals surface area contributed by atoms with Crippen LogP contribution < -0.4 is 5.73 Å². The monoisotopic (exact) mass is 250 g/mol. The molecule has 1 fully saturated rings. The number of hydrogen-bond acceptors (Lipinski definition) is 3. The van der Waals surface area contributed by atoms with Crippen molar-refractivity contribution in [2.75, 3.05) is 25.9 Å². The van der Waals surface area contributed by atoms with E-state index in [4.69, 9.17) is 5.73 Å². The van der Waals surface area contributed by atoms with Crippen molar-refractivity contribution in [1.82, 2.24) is 4.90 Å². The largest absolute Gasteiger partial charge is 0.330 e. The number of rotatable bonds is 4. The first kappa shape index (κ1) is 12.9. The summed E-state index contributed by atoms with van der Waals surface area (Å²) in [4.78, 5) is 3.88. The lowest BCUT2D eigenvalue weighted by Crippen LogP contribution is -2.37. The van der Waals surface area contributed by atoms with E-state index in [1.54, 1.807) is 11.8 Å². The summed E-state index contributed by atoms with van der Waals surface area (Å²) in [6, 6.07) is 8.92. The van der Waals surface area contributed by atoms with Gasteiger partial charge in [-0.1, -0.05) is 12.1 Å². The van der Waals surface area contributed by atoms with Crippen LogP contribution in [0.5, 0.6) is 0 Å². The molecule has 17 heavy (non-hydrogen) atoms. The van der Waals surface area contributed by atoms with Crippen molar-refractivity contribution >= 4 is 11.8 Å². The maximum Gasteiger partial charge on any atom is 0.0233 e. The summed E-state index contributed by atoms with van der Waals surface area (Å²) in [7, 11) is 0. The van der Waals surface area contributed by atoms with Gasteiger partial charge in [0.25, 0.3) is 0 Å². The number of thioether (sulfide) groups is 1. The van der Waals surface area contributed by atoms with Crippen LogP contribution in [0.4, 0.5) is 0 Å². The van der Waals surface area contributed by atoms with Crippen LogP contribution >= 0.6 is 11.8 Å². The zero-order valence-electron chi connectivity index (χ0n) is 10.6. The van der Waals surface area contributed by atoms with E-state index < -0.39 is 0 Å². The minimum absolute atomic E-state index is 0.703. The van der Waals surface area contributed by atoms with E-state index in [0.717, 1.165) is 13.1 Å². The summed E-state index contributed by atoms with van der Waals surface area (Å²) in [6.07, 6.45) is 4.72. The van der Waals surface area contributed by atoms with Crippen LogP contribution in [0.25, 0.3) is 0 Å². The Kier molecular flexibility index (Phi) is 4.89. The van der Waals surface area contributed by atoms with E-state index in [1.165, 1.54) is 36.4 Å². The van der Waals surface area contributed by atoms with Gasteiger partial charge in [-0.3, -0.25) is 4.90 Å². The van der Waals surface area contributed by atoms with Crippen molar-refractivity contribution in [2.24, 2.45) is 11.7 Å². The molecule has 1 aliphatic rings. The van der Waals surface area contributed by atoms with Crippen molar-refractivity contribution in [3.8, 4) is 0 Å². The van der Waals surface area contributed by atoms with Crippen LogP contribution in [0.15, 0.2) is 29.2 Å². The van der Waals surface area contributed by atoms with Crippen molar-refractivity contribution in [2.45, 2.75) is 24.3 Å². The Morgan fingerprint density at radius 2 is 2.12 bits per heavy atom. The molecule has 94 valence electrons. The van der Waals surface area contributed by atoms with E-state index in [-0.39, 0.29) is 0 Å². The Labute approximate surface area is 109 Å². The standard InChI is InChI=1S/C14H22N2S/c1-17-14-6-4-12(5-7-14)10-16-8-2-3-13(9-15)11-16/h4-7,13H,2-3,8-11,15H2,1H3/t13-/m1/s1. The highest BCUT2D eigenvalue weighted by Crippen LogP contribution is 2.19. The fourth-order valence-electron chi connectivity index (χ4n) is 2.48. The van der Waals surface area contributed by atoms with Gasteiger partial charge in [0.2, 0.25) is 0 Å². The predicted octanol–water partition coefficient (Wildman–Crippen LogP) is 2.58. The minimum Gasteiger partial charge on any atom is -0.330 e. The lowest BCUT2D eigenvalue weighted by atomic mass is 9.98. The third kappa shape index (κ3) is 3.73. The van der Waals surface area contributed by atoms with Gasteiger partial charge in [0.1, 0.15) is 0 Å². The van der Waals surface area contributed by atoms with Crippen LogP contribution in [-0.4, -0.2) is 30.8 Å². The lowest BCUT2D eigenvalue weighted by molar-refractivity contribution is 0.171. The maximum absolute atomic E-state index is 5.77. The Balaban J connectivity index is 1.90. The molecule has 1 saturated heterocycles. The lowest BCUT2D eigenvalue weighted by Gasteiger charge is -2.32. The SMILES string of the molecule is CSc1ccc(CN2CCC[C@H](CN)C2)cc1. The molecule has 0 saturated carbocycles. The van der Waals surface area contributed by atoms with Gasteiger partial charge in [-0.2, -0.15) is 0 Å². The van der Waals surface area contributed by atoms with Gasteiger partial charge in [0.15, 0.2) is 0 Å². The molecule has 3 heteroatoms. The summed E-state index contributed by atoms with van der Waals surface area (Å²) >= 11 is 1.80. The zero-order chi connectivity index (χ0) is 12.1. The maximum atomic E-state index is 5.77. The van der Waals surface area contributed by atoms with Gasteiger partial charge >= 0.3 is 0 Å². The average molecular weight is 250 g/mol. The Bertz CT molecular complexity index is 337. The number of piperidine rings is 1. The quantitative estimate of drug-likeness (QED) is 0.833. The molecule has 0 aliphatic carbocycles. The van der Waals surface area contributed by atoms with Gasteiger partial charge < -0.3 is 5.73 Å². The molecule has 1 atom stereocenters. The van der Waals surface area contributed by atoms with Gasteiger partial charge in [-0.05, 0) is 55.8 Å². The number of nitrogens with zero attached hydrogens (tertiary/aromatic N) is 1. The highest BCUT2D eigenvalue weighted by Gasteiger charge is 2.18. The van der Waals surface area contributed by atoms with Crippen molar-refractivity contribution in [3.63, 3.8) is 0 Å². The average Bonchev–Trinajstić information content (AvgIpc) is 2.40. The molecule has 0 radical (unpaired) electrons. The van der Waals surface area contributed by atoms with Crippen molar-refractivity contribution in [3.05, 3.63) is 29.8 Å². The van der Waals surface area contributed by atoms with Crippen LogP contribution in [0, 0.1) is 5.92 Å². The van der Waals surface area contributed by atoms with E-state index in [0.29, 0.717) is 5.92 Å². The molecule has 2 rings (SSSR count). The molecule has 2 nitrogen and oxygen atoms in total. The Hall–Kier alpha value is -0.510. The summed E-state index contributed by atoms with van der Waals surface area (Å²) < 4.78 is 0. The molecular formula is C14H22N2S. The first-order chi connectivity index (χ1) is 8.31. The molecule has 0 spiro atoms. The smallest absolute Gasteiger partial charge is 0.0233 e. The zero-order valence-corrected chi connectivity index (χ0v) is 11.4.